The minimum atomic E-state index is 0.0831. The molecule has 2 rings (SSSR count). The van der Waals surface area contributed by atoms with Crippen molar-refractivity contribution in [1.82, 2.24) is 4.98 Å². The molecule has 1 heterocycles. The number of Topliss-reactive ketones (excluding diaryl/α,β-unsaturated/α-hetero) is 1. The van der Waals surface area contributed by atoms with Gasteiger partial charge in [0, 0.05) is 17.6 Å². The molecule has 15 heavy (non-hydrogen) atoms. The molecule has 1 aromatic carbocycles. The number of carbonyl (C=O) groups is 1. The fraction of sp³-hybridized carbons (Fsp3) is 0.0909. The van der Waals surface area contributed by atoms with E-state index in [-0.39, 0.29) is 5.78 Å². The zero-order chi connectivity index (χ0) is 10.7. The summed E-state index contributed by atoms with van der Waals surface area (Å²) < 4.78 is 0. The Morgan fingerprint density at radius 2 is 2.33 bits per heavy atom. The molecule has 4 heteroatoms. The van der Waals surface area contributed by atoms with Gasteiger partial charge in [-0.15, -0.1) is 11.3 Å². The second-order valence-corrected chi connectivity index (χ2v) is 4.42. The third kappa shape index (κ3) is 2.64. The minimum absolute atomic E-state index is 0.0831. The van der Waals surface area contributed by atoms with Gasteiger partial charge in [0.25, 0.3) is 0 Å². The van der Waals surface area contributed by atoms with Crippen LogP contribution < -0.4 is 0 Å². The quantitative estimate of drug-likeness (QED) is 0.768. The summed E-state index contributed by atoms with van der Waals surface area (Å²) in [5.41, 5.74) is 2.59. The molecule has 0 unspecified atom stereocenters. The summed E-state index contributed by atoms with van der Waals surface area (Å²) in [6.45, 7) is 0. The van der Waals surface area contributed by atoms with Gasteiger partial charge in [0.1, 0.15) is 0 Å². The molecule has 76 valence electrons. The molecule has 0 amide bonds. The summed E-state index contributed by atoms with van der Waals surface area (Å²) in [6.07, 6.45) is 1.97. The van der Waals surface area contributed by atoms with Crippen molar-refractivity contribution >= 4 is 28.7 Å². The summed E-state index contributed by atoms with van der Waals surface area (Å²) in [7, 11) is 0. The molecule has 2 aromatic rings. The summed E-state index contributed by atoms with van der Waals surface area (Å²) in [5.74, 6) is 0.0831. The molecule has 0 N–H and O–H groups in total. The number of thiazole rings is 1. The lowest BCUT2D eigenvalue weighted by molar-refractivity contribution is 0.0996. The Balaban J connectivity index is 2.13. The Kier molecular flexibility index (Phi) is 3.14. The maximum atomic E-state index is 11.7. The molecule has 1 aromatic heterocycles. The topological polar surface area (TPSA) is 30.0 Å². The van der Waals surface area contributed by atoms with E-state index in [0.717, 1.165) is 5.56 Å². The Bertz CT molecular complexity index is 467. The van der Waals surface area contributed by atoms with E-state index in [1.165, 1.54) is 11.3 Å². The van der Waals surface area contributed by atoms with Gasteiger partial charge in [0.05, 0.1) is 10.4 Å². The molecule has 2 nitrogen and oxygen atoms in total. The molecule has 0 aliphatic carbocycles. The van der Waals surface area contributed by atoms with Crippen LogP contribution in [0.4, 0.5) is 0 Å². The molecule has 0 aliphatic heterocycles. The predicted molar refractivity (Wildman–Crippen MR) is 61.6 cm³/mol. The van der Waals surface area contributed by atoms with Crippen LogP contribution in [0.25, 0.3) is 0 Å². The van der Waals surface area contributed by atoms with Crippen LogP contribution >= 0.6 is 22.9 Å². The third-order valence-electron chi connectivity index (χ3n) is 1.96. The van der Waals surface area contributed by atoms with Crippen LogP contribution in [0.2, 0.25) is 5.02 Å². The van der Waals surface area contributed by atoms with Gasteiger partial charge in [-0.1, -0.05) is 23.7 Å². The molecule has 0 spiro atoms. The number of rotatable bonds is 3. The largest absolute Gasteiger partial charge is 0.293 e. The van der Waals surface area contributed by atoms with Crippen molar-refractivity contribution in [2.24, 2.45) is 0 Å². The number of nitrogens with zero attached hydrogens (tertiary/aromatic N) is 1. The van der Waals surface area contributed by atoms with Crippen molar-refractivity contribution in [2.45, 2.75) is 6.42 Å². The smallest absolute Gasteiger partial charge is 0.178 e. The average Bonchev–Trinajstić information content (AvgIpc) is 2.70. The first-order valence-electron chi connectivity index (χ1n) is 4.42. The number of hydrogen-bond donors (Lipinski definition) is 0. The van der Waals surface area contributed by atoms with E-state index in [9.17, 15) is 4.79 Å². The predicted octanol–water partition coefficient (Wildman–Crippen LogP) is 3.22. The Morgan fingerprint density at radius 3 is 3.00 bits per heavy atom. The van der Waals surface area contributed by atoms with Crippen molar-refractivity contribution in [3.05, 3.63) is 51.4 Å². The first-order valence-corrected chi connectivity index (χ1v) is 5.67. The molecule has 0 bridgehead atoms. The second kappa shape index (κ2) is 4.55. The Hall–Kier alpha value is -1.19. The standard InChI is InChI=1S/C11H8ClNOS/c12-9-3-1-2-8(4-9)5-10(14)11-6-13-7-15-11/h1-4,6-7H,5H2. The number of ketones is 1. The van der Waals surface area contributed by atoms with E-state index in [0.29, 0.717) is 16.3 Å². The van der Waals surface area contributed by atoms with Crippen LogP contribution in [0.15, 0.2) is 36.0 Å². The lowest BCUT2D eigenvalue weighted by Gasteiger charge is -1.99. The lowest BCUT2D eigenvalue weighted by atomic mass is 10.1. The Labute approximate surface area is 96.5 Å². The Morgan fingerprint density at radius 1 is 1.47 bits per heavy atom. The first-order chi connectivity index (χ1) is 7.25. The molecule has 0 atom stereocenters. The summed E-state index contributed by atoms with van der Waals surface area (Å²) in [5, 5.41) is 0.657. The van der Waals surface area contributed by atoms with Crippen molar-refractivity contribution in [3.63, 3.8) is 0 Å². The molecule has 0 saturated heterocycles. The van der Waals surface area contributed by atoms with Gasteiger partial charge >= 0.3 is 0 Å². The van der Waals surface area contributed by atoms with Crippen molar-refractivity contribution in [1.29, 1.82) is 0 Å². The van der Waals surface area contributed by atoms with Gasteiger partial charge in [-0.25, -0.2) is 0 Å². The molecule has 0 aliphatic rings. The normalized spacial score (nSPS) is 10.2. The second-order valence-electron chi connectivity index (χ2n) is 3.10. The maximum absolute atomic E-state index is 11.7. The van der Waals surface area contributed by atoms with Crippen molar-refractivity contribution in [3.8, 4) is 0 Å². The number of benzene rings is 1. The molecule has 0 saturated carbocycles. The minimum Gasteiger partial charge on any atom is -0.293 e. The van der Waals surface area contributed by atoms with Gasteiger partial charge in [0.2, 0.25) is 0 Å². The highest BCUT2D eigenvalue weighted by Gasteiger charge is 2.08. The van der Waals surface area contributed by atoms with Crippen LogP contribution in [0, 0.1) is 0 Å². The van der Waals surface area contributed by atoms with Crippen LogP contribution in [0.1, 0.15) is 15.2 Å². The summed E-state index contributed by atoms with van der Waals surface area (Å²) in [4.78, 5) is 16.3. The van der Waals surface area contributed by atoms with E-state index in [1.54, 1.807) is 23.8 Å². The van der Waals surface area contributed by atoms with E-state index in [1.807, 2.05) is 12.1 Å². The van der Waals surface area contributed by atoms with Crippen molar-refractivity contribution in [2.75, 3.05) is 0 Å². The van der Waals surface area contributed by atoms with Gasteiger partial charge < -0.3 is 0 Å². The van der Waals surface area contributed by atoms with Crippen LogP contribution in [0.3, 0.4) is 0 Å². The number of aromatic nitrogens is 1. The van der Waals surface area contributed by atoms with E-state index in [4.69, 9.17) is 11.6 Å². The zero-order valence-corrected chi connectivity index (χ0v) is 9.39. The fourth-order valence-corrected chi connectivity index (χ4v) is 2.05. The molecular formula is C11H8ClNOS. The number of halogens is 1. The average molecular weight is 238 g/mol. The van der Waals surface area contributed by atoms with Crippen LogP contribution in [-0.2, 0) is 6.42 Å². The molecule has 0 radical (unpaired) electrons. The highest BCUT2D eigenvalue weighted by Crippen LogP contribution is 2.14. The zero-order valence-electron chi connectivity index (χ0n) is 7.81. The lowest BCUT2D eigenvalue weighted by Crippen LogP contribution is -2.00. The van der Waals surface area contributed by atoms with Gasteiger partial charge in [0.15, 0.2) is 5.78 Å². The highest BCUT2D eigenvalue weighted by atomic mass is 35.5. The number of hydrogen-bond acceptors (Lipinski definition) is 3. The summed E-state index contributed by atoms with van der Waals surface area (Å²) >= 11 is 7.19. The van der Waals surface area contributed by atoms with E-state index >= 15 is 0 Å². The SMILES string of the molecule is O=C(Cc1cccc(Cl)c1)c1cncs1. The van der Waals surface area contributed by atoms with Crippen LogP contribution in [0.5, 0.6) is 0 Å². The summed E-state index contributed by atoms with van der Waals surface area (Å²) in [6, 6.07) is 7.34. The third-order valence-corrected chi connectivity index (χ3v) is 3.01. The van der Waals surface area contributed by atoms with Crippen molar-refractivity contribution < 1.29 is 4.79 Å². The van der Waals surface area contributed by atoms with E-state index in [2.05, 4.69) is 4.98 Å². The highest BCUT2D eigenvalue weighted by molar-refractivity contribution is 7.11. The monoisotopic (exact) mass is 237 g/mol. The maximum Gasteiger partial charge on any atom is 0.178 e. The van der Waals surface area contributed by atoms with Gasteiger partial charge in [-0.3, -0.25) is 9.78 Å². The van der Waals surface area contributed by atoms with E-state index < -0.39 is 0 Å². The first kappa shape index (κ1) is 10.3. The van der Waals surface area contributed by atoms with Gasteiger partial charge in [-0.05, 0) is 17.7 Å². The number of carbonyl (C=O) groups excluding carboxylic acids is 1. The molecule has 0 fully saturated rings. The fourth-order valence-electron chi connectivity index (χ4n) is 1.27. The van der Waals surface area contributed by atoms with Gasteiger partial charge in [-0.2, -0.15) is 0 Å². The van der Waals surface area contributed by atoms with Crippen LogP contribution in [-0.4, -0.2) is 10.8 Å². The molecular weight excluding hydrogens is 230 g/mol.